The topological polar surface area (TPSA) is 41.1 Å². The molecule has 4 atom stereocenters. The minimum atomic E-state index is -0.840. The highest BCUT2D eigenvalue weighted by Gasteiger charge is 2.45. The van der Waals surface area contributed by atoms with Gasteiger partial charge in [-0.25, -0.2) is 8.78 Å². The highest BCUT2D eigenvalue weighted by Crippen LogP contribution is 2.48. The van der Waals surface area contributed by atoms with E-state index in [9.17, 15) is 13.6 Å². The second-order valence-corrected chi connectivity index (χ2v) is 7.69. The Bertz CT molecular complexity index is 860. The van der Waals surface area contributed by atoms with E-state index in [0.29, 0.717) is 6.54 Å². The van der Waals surface area contributed by atoms with E-state index in [1.54, 1.807) is 6.07 Å². The molecular formula is C22H25ClF2N2O. The highest BCUT2D eigenvalue weighted by atomic mass is 35.5. The van der Waals surface area contributed by atoms with Gasteiger partial charge in [0.15, 0.2) is 11.6 Å². The van der Waals surface area contributed by atoms with Gasteiger partial charge in [0.1, 0.15) is 0 Å². The number of rotatable bonds is 4. The monoisotopic (exact) mass is 406 g/mol. The summed E-state index contributed by atoms with van der Waals surface area (Å²) in [6.07, 6.45) is 1.65. The minimum Gasteiger partial charge on any atom is -0.351 e. The molecule has 1 amide bonds. The van der Waals surface area contributed by atoms with Crippen LogP contribution < -0.4 is 10.6 Å². The molecule has 1 heterocycles. The Morgan fingerprint density at radius 3 is 2.64 bits per heavy atom. The molecule has 2 aromatic rings. The van der Waals surface area contributed by atoms with Crippen LogP contribution in [0.25, 0.3) is 0 Å². The van der Waals surface area contributed by atoms with Crippen LogP contribution in [-0.4, -0.2) is 25.0 Å². The zero-order chi connectivity index (χ0) is 19.0. The van der Waals surface area contributed by atoms with Gasteiger partial charge in [-0.1, -0.05) is 30.3 Å². The molecule has 1 saturated carbocycles. The summed E-state index contributed by atoms with van der Waals surface area (Å²) in [6.45, 7) is 3.51. The van der Waals surface area contributed by atoms with Crippen LogP contribution in [0.1, 0.15) is 41.4 Å². The van der Waals surface area contributed by atoms with E-state index in [4.69, 9.17) is 0 Å². The van der Waals surface area contributed by atoms with Crippen LogP contribution in [0.3, 0.4) is 0 Å². The first-order valence-electron chi connectivity index (χ1n) is 9.56. The van der Waals surface area contributed by atoms with Crippen LogP contribution in [0.15, 0.2) is 42.5 Å². The number of nitrogens with one attached hydrogen (secondary N) is 2. The molecule has 0 radical (unpaired) electrons. The van der Waals surface area contributed by atoms with Gasteiger partial charge < -0.3 is 10.6 Å². The zero-order valence-electron chi connectivity index (χ0n) is 15.8. The predicted molar refractivity (Wildman–Crippen MR) is 108 cm³/mol. The van der Waals surface area contributed by atoms with Crippen molar-refractivity contribution in [2.45, 2.75) is 37.6 Å². The second kappa shape index (κ2) is 8.58. The fourth-order valence-electron chi connectivity index (χ4n) is 4.27. The normalized spacial score (nSPS) is 26.2. The van der Waals surface area contributed by atoms with Crippen molar-refractivity contribution >= 4 is 18.3 Å². The van der Waals surface area contributed by atoms with Crippen molar-refractivity contribution in [3.8, 4) is 0 Å². The molecule has 0 spiro atoms. The third kappa shape index (κ3) is 4.20. The van der Waals surface area contributed by atoms with E-state index in [1.807, 2.05) is 12.1 Å². The number of piperidine rings is 1. The van der Waals surface area contributed by atoms with Gasteiger partial charge in [-0.2, -0.15) is 0 Å². The molecule has 2 aliphatic rings. The van der Waals surface area contributed by atoms with Gasteiger partial charge in [-0.15, -0.1) is 12.4 Å². The summed E-state index contributed by atoms with van der Waals surface area (Å²) < 4.78 is 26.9. The SMILES string of the molecule is Cc1ccccc1C1CC1C(=O)NC1CNCCC1c1ccc(F)c(F)c1.Cl. The third-order valence-corrected chi connectivity index (χ3v) is 5.90. The first-order chi connectivity index (χ1) is 13.0. The van der Waals surface area contributed by atoms with Gasteiger partial charge in [0.25, 0.3) is 0 Å². The smallest absolute Gasteiger partial charge is 0.224 e. The van der Waals surface area contributed by atoms with Crippen LogP contribution in [0.5, 0.6) is 0 Å². The number of aryl methyl sites for hydroxylation is 1. The molecule has 2 fully saturated rings. The number of carbonyl (C=O) groups is 1. The van der Waals surface area contributed by atoms with Crippen LogP contribution in [0.4, 0.5) is 8.78 Å². The zero-order valence-corrected chi connectivity index (χ0v) is 16.6. The Morgan fingerprint density at radius 1 is 1.11 bits per heavy atom. The highest BCUT2D eigenvalue weighted by molar-refractivity contribution is 5.85. The van der Waals surface area contributed by atoms with E-state index in [-0.39, 0.29) is 42.1 Å². The molecule has 4 rings (SSSR count). The summed E-state index contributed by atoms with van der Waals surface area (Å²) in [5.41, 5.74) is 3.21. The molecule has 2 N–H and O–H groups in total. The van der Waals surface area contributed by atoms with E-state index >= 15 is 0 Å². The van der Waals surface area contributed by atoms with E-state index in [0.717, 1.165) is 24.9 Å². The lowest BCUT2D eigenvalue weighted by Crippen LogP contribution is -2.50. The molecule has 1 aliphatic carbocycles. The number of amides is 1. The van der Waals surface area contributed by atoms with Gasteiger partial charge in [0.05, 0.1) is 0 Å². The average molecular weight is 407 g/mol. The lowest BCUT2D eigenvalue weighted by atomic mass is 9.85. The fourth-order valence-corrected chi connectivity index (χ4v) is 4.27. The summed E-state index contributed by atoms with van der Waals surface area (Å²) in [4.78, 5) is 12.8. The molecule has 1 saturated heterocycles. The molecule has 150 valence electrons. The predicted octanol–water partition coefficient (Wildman–Crippen LogP) is 4.06. The Kier molecular flexibility index (Phi) is 6.36. The lowest BCUT2D eigenvalue weighted by molar-refractivity contribution is -0.123. The maximum absolute atomic E-state index is 13.7. The average Bonchev–Trinajstić information content (AvgIpc) is 3.46. The number of carbonyl (C=O) groups excluding carboxylic acids is 1. The number of benzene rings is 2. The summed E-state index contributed by atoms with van der Waals surface area (Å²) in [6, 6.07) is 12.1. The Morgan fingerprint density at radius 2 is 1.89 bits per heavy atom. The van der Waals surface area contributed by atoms with Gasteiger partial charge in [0, 0.05) is 24.4 Å². The number of hydrogen-bond acceptors (Lipinski definition) is 2. The summed E-state index contributed by atoms with van der Waals surface area (Å²) in [5.74, 6) is -1.35. The van der Waals surface area contributed by atoms with Crippen molar-refractivity contribution < 1.29 is 13.6 Å². The molecule has 2 aromatic carbocycles. The fraction of sp³-hybridized carbons (Fsp3) is 0.409. The molecule has 4 unspecified atom stereocenters. The largest absolute Gasteiger partial charge is 0.351 e. The minimum absolute atomic E-state index is 0. The molecule has 1 aliphatic heterocycles. The van der Waals surface area contributed by atoms with Gasteiger partial charge >= 0.3 is 0 Å². The standard InChI is InChI=1S/C22H24F2N2O.ClH/c1-13-4-2-3-5-15(13)17-11-18(17)22(27)26-21-12-25-9-8-16(21)14-6-7-19(23)20(24)10-14;/h2-7,10,16-18,21,25H,8-9,11-12H2,1H3,(H,26,27);1H. The Labute approximate surface area is 170 Å². The van der Waals surface area contributed by atoms with E-state index < -0.39 is 11.6 Å². The Hall–Kier alpha value is -1.98. The molecule has 0 aromatic heterocycles. The van der Waals surface area contributed by atoms with Crippen molar-refractivity contribution in [1.29, 1.82) is 0 Å². The van der Waals surface area contributed by atoms with Crippen molar-refractivity contribution in [3.05, 3.63) is 70.8 Å². The Balaban J connectivity index is 0.00000225. The van der Waals surface area contributed by atoms with Gasteiger partial charge in [0.2, 0.25) is 5.91 Å². The van der Waals surface area contributed by atoms with E-state index in [2.05, 4.69) is 29.7 Å². The van der Waals surface area contributed by atoms with Crippen LogP contribution >= 0.6 is 12.4 Å². The molecular weight excluding hydrogens is 382 g/mol. The molecule has 3 nitrogen and oxygen atoms in total. The van der Waals surface area contributed by atoms with Gasteiger partial charge in [-0.3, -0.25) is 4.79 Å². The van der Waals surface area contributed by atoms with Crippen molar-refractivity contribution in [2.24, 2.45) is 5.92 Å². The molecule has 6 heteroatoms. The summed E-state index contributed by atoms with van der Waals surface area (Å²) in [5, 5.41) is 6.46. The number of hydrogen-bond donors (Lipinski definition) is 2. The van der Waals surface area contributed by atoms with Gasteiger partial charge in [-0.05, 0) is 61.1 Å². The van der Waals surface area contributed by atoms with Crippen molar-refractivity contribution in [3.63, 3.8) is 0 Å². The maximum atomic E-state index is 13.7. The third-order valence-electron chi connectivity index (χ3n) is 5.90. The van der Waals surface area contributed by atoms with Crippen molar-refractivity contribution in [2.75, 3.05) is 13.1 Å². The first kappa shape index (κ1) is 20.7. The summed E-state index contributed by atoms with van der Waals surface area (Å²) in [7, 11) is 0. The lowest BCUT2D eigenvalue weighted by Gasteiger charge is -2.33. The van der Waals surface area contributed by atoms with Crippen LogP contribution in [-0.2, 0) is 4.79 Å². The second-order valence-electron chi connectivity index (χ2n) is 7.69. The van der Waals surface area contributed by atoms with E-state index in [1.165, 1.54) is 23.3 Å². The molecule has 28 heavy (non-hydrogen) atoms. The maximum Gasteiger partial charge on any atom is 0.224 e. The molecule has 0 bridgehead atoms. The quantitative estimate of drug-likeness (QED) is 0.803. The number of halogens is 3. The summed E-state index contributed by atoms with van der Waals surface area (Å²) >= 11 is 0. The van der Waals surface area contributed by atoms with Crippen molar-refractivity contribution in [1.82, 2.24) is 10.6 Å². The van der Waals surface area contributed by atoms with Crippen LogP contribution in [0.2, 0.25) is 0 Å². The first-order valence-corrected chi connectivity index (χ1v) is 9.56. The van der Waals surface area contributed by atoms with Crippen LogP contribution in [0, 0.1) is 24.5 Å².